The number of fused-ring (bicyclic) bond motifs is 3. The molecule has 7 rings (SSSR count). The van der Waals surface area contributed by atoms with Gasteiger partial charge in [-0.1, -0.05) is 90.7 Å². The Balaban J connectivity index is 1.54. The molecular formula is C47H44N2O14. The Morgan fingerprint density at radius 2 is 1.46 bits per heavy atom. The minimum Gasteiger partial charge on any atom is -0.491 e. The molecule has 3 aliphatic heterocycles. The molecule has 0 saturated carbocycles. The van der Waals surface area contributed by atoms with Crippen LogP contribution >= 0.6 is 0 Å². The molecule has 4 aromatic rings. The van der Waals surface area contributed by atoms with Crippen LogP contribution in [0.2, 0.25) is 0 Å². The van der Waals surface area contributed by atoms with Crippen LogP contribution in [0.25, 0.3) is 0 Å². The molecule has 2 amide bonds. The number of amides is 2. The maximum atomic E-state index is 15.9. The van der Waals surface area contributed by atoms with Crippen LogP contribution in [0.3, 0.4) is 0 Å². The van der Waals surface area contributed by atoms with E-state index >= 15 is 4.79 Å². The first-order valence-corrected chi connectivity index (χ1v) is 20.0. The van der Waals surface area contributed by atoms with Gasteiger partial charge in [-0.3, -0.25) is 28.9 Å². The molecule has 326 valence electrons. The second kappa shape index (κ2) is 18.9. The molecule has 2 saturated heterocycles. The number of rotatable bonds is 13. The van der Waals surface area contributed by atoms with Crippen molar-refractivity contribution < 1.29 is 67.4 Å². The normalized spacial score (nSPS) is 22.4. The number of cyclic esters (lactones) is 1. The van der Waals surface area contributed by atoms with Gasteiger partial charge in [-0.2, -0.15) is 0 Å². The van der Waals surface area contributed by atoms with Gasteiger partial charge < -0.3 is 38.6 Å². The van der Waals surface area contributed by atoms with Crippen molar-refractivity contribution in [3.05, 3.63) is 131 Å². The Hall–Kier alpha value is -7.06. The molecule has 0 radical (unpaired) electrons. The molecule has 0 aliphatic carbocycles. The van der Waals surface area contributed by atoms with Crippen LogP contribution in [-0.4, -0.2) is 105 Å². The van der Waals surface area contributed by atoms with Gasteiger partial charge in [0, 0.05) is 24.7 Å². The highest BCUT2D eigenvalue weighted by Crippen LogP contribution is 2.66. The number of carboxylic acid groups (broad SMARTS) is 1. The van der Waals surface area contributed by atoms with Gasteiger partial charge in [0.25, 0.3) is 0 Å². The number of hydrogen-bond donors (Lipinski definition) is 2. The fraction of sp³-hybridized carbons (Fsp3) is 0.319. The first-order chi connectivity index (χ1) is 30.5. The molecule has 2 fully saturated rings. The van der Waals surface area contributed by atoms with Crippen LogP contribution in [0.5, 0.6) is 5.75 Å². The number of aliphatic hydroxyl groups is 1. The Morgan fingerprint density at radius 3 is 2.10 bits per heavy atom. The number of methoxy groups -OCH3 is 3. The summed E-state index contributed by atoms with van der Waals surface area (Å²) in [6, 6.07) is 24.9. The second-order valence-electron chi connectivity index (χ2n) is 14.8. The fourth-order valence-electron chi connectivity index (χ4n) is 8.99. The lowest BCUT2D eigenvalue weighted by Gasteiger charge is -2.46. The van der Waals surface area contributed by atoms with Gasteiger partial charge in [-0.05, 0) is 41.0 Å². The molecule has 16 heteroatoms. The quantitative estimate of drug-likeness (QED) is 0.0633. The summed E-state index contributed by atoms with van der Waals surface area (Å²) in [5, 5.41) is 21.5. The highest BCUT2D eigenvalue weighted by molar-refractivity contribution is 6.23. The van der Waals surface area contributed by atoms with E-state index in [1.54, 1.807) is 77.7 Å². The van der Waals surface area contributed by atoms with Gasteiger partial charge in [0.2, 0.25) is 5.91 Å². The smallest absolute Gasteiger partial charge is 0.421 e. The van der Waals surface area contributed by atoms with E-state index in [-0.39, 0.29) is 61.0 Å². The number of anilines is 1. The Bertz CT molecular complexity index is 2430. The standard InChI is InChI=1S/C47H44N2O14/c1-58-25-26-62-46(57)48-34-22-21-28(13-12-19-32(42(53)59-2)43(54)60-3)27-33(34)47(45(48)56)36(41(51)52)38-44(55)63-39(30-16-8-5-9-17-30)37(29-14-6-4-7-15-29)49(38)40(47)31-18-10-11-20-35(31)61-24-23-50/h4-11,14-18,20-22,27,32,36-40,50H,19,23-26H2,1-3H3,(H,51,52)/t36-,37-,38-,39+,40+,47-/m1/s1. The number of nitrogens with zero attached hydrogens (tertiary/aromatic N) is 2. The van der Waals surface area contributed by atoms with Crippen LogP contribution in [0.15, 0.2) is 103 Å². The highest BCUT2D eigenvalue weighted by Gasteiger charge is 2.76. The zero-order valence-corrected chi connectivity index (χ0v) is 34.5. The van der Waals surface area contributed by atoms with Gasteiger partial charge in [0.1, 0.15) is 42.4 Å². The van der Waals surface area contributed by atoms with E-state index in [0.717, 1.165) is 19.1 Å². The van der Waals surface area contributed by atoms with Crippen LogP contribution in [0, 0.1) is 23.7 Å². The number of para-hydroxylation sites is 1. The average molecular weight is 861 g/mol. The summed E-state index contributed by atoms with van der Waals surface area (Å²) >= 11 is 0. The van der Waals surface area contributed by atoms with Crippen molar-refractivity contribution >= 4 is 41.6 Å². The van der Waals surface area contributed by atoms with Crippen molar-refractivity contribution in [2.45, 2.75) is 36.1 Å². The second-order valence-corrected chi connectivity index (χ2v) is 14.8. The lowest BCUT2D eigenvalue weighted by molar-refractivity contribution is -0.179. The van der Waals surface area contributed by atoms with Gasteiger partial charge >= 0.3 is 30.0 Å². The van der Waals surface area contributed by atoms with Crippen LogP contribution < -0.4 is 9.64 Å². The van der Waals surface area contributed by atoms with Crippen LogP contribution in [0.4, 0.5) is 10.5 Å². The van der Waals surface area contributed by atoms with Crippen molar-refractivity contribution in [2.24, 2.45) is 11.8 Å². The summed E-state index contributed by atoms with van der Waals surface area (Å²) in [6.07, 6.45) is -2.49. The number of hydrogen-bond acceptors (Lipinski definition) is 14. The van der Waals surface area contributed by atoms with E-state index < -0.39 is 77.4 Å². The summed E-state index contributed by atoms with van der Waals surface area (Å²) in [5.41, 5.74) is -0.677. The Morgan fingerprint density at radius 1 is 0.810 bits per heavy atom. The van der Waals surface area contributed by atoms with E-state index in [1.807, 2.05) is 12.1 Å². The summed E-state index contributed by atoms with van der Waals surface area (Å²) in [7, 11) is 3.64. The molecular weight excluding hydrogens is 817 g/mol. The number of benzene rings is 4. The van der Waals surface area contributed by atoms with Crippen molar-refractivity contribution in [1.29, 1.82) is 0 Å². The third-order valence-corrected chi connectivity index (χ3v) is 11.5. The number of imide groups is 1. The fourth-order valence-corrected chi connectivity index (χ4v) is 8.99. The number of carboxylic acids is 1. The van der Waals surface area contributed by atoms with E-state index in [9.17, 15) is 34.2 Å². The van der Waals surface area contributed by atoms with E-state index in [1.165, 1.54) is 25.3 Å². The number of ether oxygens (including phenoxy) is 6. The number of aliphatic hydroxyl groups excluding tert-OH is 1. The highest BCUT2D eigenvalue weighted by atomic mass is 16.6. The monoisotopic (exact) mass is 860 g/mol. The summed E-state index contributed by atoms with van der Waals surface area (Å²) in [5.74, 6) is -2.67. The van der Waals surface area contributed by atoms with Crippen molar-refractivity contribution in [1.82, 2.24) is 4.90 Å². The van der Waals surface area contributed by atoms with E-state index in [0.29, 0.717) is 11.1 Å². The third-order valence-electron chi connectivity index (χ3n) is 11.5. The maximum Gasteiger partial charge on any atom is 0.421 e. The van der Waals surface area contributed by atoms with Crippen LogP contribution in [0.1, 0.15) is 52.4 Å². The summed E-state index contributed by atoms with van der Waals surface area (Å²) in [6.45, 7) is -0.845. The molecule has 63 heavy (non-hydrogen) atoms. The molecule has 4 aromatic carbocycles. The zero-order chi connectivity index (χ0) is 44.8. The van der Waals surface area contributed by atoms with E-state index in [4.69, 9.17) is 28.4 Å². The average Bonchev–Trinajstić information content (AvgIpc) is 3.76. The summed E-state index contributed by atoms with van der Waals surface area (Å²) < 4.78 is 32.6. The van der Waals surface area contributed by atoms with Gasteiger partial charge in [-0.25, -0.2) is 9.69 Å². The topological polar surface area (TPSA) is 205 Å². The SMILES string of the molecule is COCCOC(=O)N1C(=O)[C@@]2(c3cc(C#CCC(C(=O)OC)C(=O)OC)ccc31)[C@H](c1ccccc1OCCO)N1[C@H](c3ccccc3)[C@H](c3ccccc3)OC(=O)[C@H]1[C@@H]2C(=O)O. The lowest BCUT2D eigenvalue weighted by Crippen LogP contribution is -2.53. The molecule has 2 N–H and O–H groups in total. The lowest BCUT2D eigenvalue weighted by atomic mass is 9.65. The van der Waals surface area contributed by atoms with Crippen molar-refractivity contribution in [3.63, 3.8) is 0 Å². The Kier molecular flexibility index (Phi) is 13.2. The van der Waals surface area contributed by atoms with Gasteiger partial charge in [0.05, 0.1) is 45.2 Å². The molecule has 6 atom stereocenters. The summed E-state index contributed by atoms with van der Waals surface area (Å²) in [4.78, 5) is 86.5. The molecule has 3 heterocycles. The minimum atomic E-state index is -2.33. The maximum absolute atomic E-state index is 15.9. The molecule has 0 bridgehead atoms. The number of carbonyl (C=O) groups excluding carboxylic acids is 5. The predicted molar refractivity (Wildman–Crippen MR) is 221 cm³/mol. The van der Waals surface area contributed by atoms with E-state index in [2.05, 4.69) is 11.8 Å². The largest absolute Gasteiger partial charge is 0.491 e. The number of morpholine rings is 1. The molecule has 0 unspecified atom stereocenters. The molecule has 3 aliphatic rings. The predicted octanol–water partition coefficient (Wildman–Crippen LogP) is 4.29. The zero-order valence-electron chi connectivity index (χ0n) is 34.5. The molecule has 1 spiro atoms. The number of aliphatic carboxylic acids is 1. The minimum absolute atomic E-state index is 0.0140. The third kappa shape index (κ3) is 7.86. The van der Waals surface area contributed by atoms with Crippen molar-refractivity contribution in [3.8, 4) is 17.6 Å². The molecule has 0 aromatic heterocycles. The first-order valence-electron chi connectivity index (χ1n) is 20.0. The van der Waals surface area contributed by atoms with Gasteiger partial charge in [0.15, 0.2) is 5.92 Å². The van der Waals surface area contributed by atoms with Gasteiger partial charge in [-0.15, -0.1) is 0 Å². The first kappa shape index (κ1) is 44.0. The number of esters is 3. The Labute approximate surface area is 362 Å². The van der Waals surface area contributed by atoms with Crippen LogP contribution in [-0.2, 0) is 53.1 Å². The molecule has 16 nitrogen and oxygen atoms in total. The van der Waals surface area contributed by atoms with Crippen molar-refractivity contribution in [2.75, 3.05) is 52.7 Å². The number of carbonyl (C=O) groups is 6.